The van der Waals surface area contributed by atoms with Crippen molar-refractivity contribution in [3.05, 3.63) is 0 Å². The summed E-state index contributed by atoms with van der Waals surface area (Å²) in [5.74, 6) is 0.300. The molecule has 0 spiro atoms. The van der Waals surface area contributed by atoms with E-state index in [1.54, 1.807) is 0 Å². The molecule has 1 aliphatic rings. The van der Waals surface area contributed by atoms with E-state index in [1.807, 2.05) is 6.92 Å². The van der Waals surface area contributed by atoms with E-state index in [-0.39, 0.29) is 22.9 Å². The van der Waals surface area contributed by atoms with Gasteiger partial charge in [0.25, 0.3) is 0 Å². The van der Waals surface area contributed by atoms with Crippen molar-refractivity contribution in [1.82, 2.24) is 0 Å². The summed E-state index contributed by atoms with van der Waals surface area (Å²) in [6.45, 7) is 3.88. The lowest BCUT2D eigenvalue weighted by atomic mass is 10.2. The van der Waals surface area contributed by atoms with Gasteiger partial charge in [0.15, 0.2) is 9.84 Å². The lowest BCUT2D eigenvalue weighted by molar-refractivity contribution is -0.117. The number of sulfone groups is 1. The fourth-order valence-electron chi connectivity index (χ4n) is 2.01. The van der Waals surface area contributed by atoms with E-state index in [0.717, 1.165) is 0 Å². The third-order valence-corrected chi connectivity index (χ3v) is 5.37. The highest BCUT2D eigenvalue weighted by molar-refractivity contribution is 7.92. The summed E-state index contributed by atoms with van der Waals surface area (Å²) >= 11 is 0. The average molecular weight is 248 g/mol. The number of carbonyl (C=O) groups excluding carboxylic acids is 1. The molecule has 0 aromatic heterocycles. The minimum absolute atomic E-state index is 0.120. The fraction of sp³-hybridized carbons (Fsp3) is 0.909. The third kappa shape index (κ3) is 3.87. The predicted molar refractivity (Wildman–Crippen MR) is 62.1 cm³/mol. The number of unbranched alkanes of at least 4 members (excludes halogenated alkanes) is 1. The van der Waals surface area contributed by atoms with E-state index in [9.17, 15) is 13.2 Å². The van der Waals surface area contributed by atoms with E-state index in [4.69, 9.17) is 4.74 Å². The fourth-order valence-corrected chi connectivity index (χ4v) is 4.04. The molecule has 16 heavy (non-hydrogen) atoms. The molecule has 0 bridgehead atoms. The van der Waals surface area contributed by atoms with Crippen LogP contribution in [0.1, 0.15) is 39.5 Å². The van der Waals surface area contributed by atoms with Gasteiger partial charge in [-0.25, -0.2) is 8.42 Å². The number of ketones is 1. The molecule has 94 valence electrons. The zero-order valence-corrected chi connectivity index (χ0v) is 10.8. The summed E-state index contributed by atoms with van der Waals surface area (Å²) in [5.41, 5.74) is 0. The van der Waals surface area contributed by atoms with Gasteiger partial charge in [-0.05, 0) is 33.1 Å². The van der Waals surface area contributed by atoms with Gasteiger partial charge in [-0.15, -0.1) is 0 Å². The number of hydrogen-bond donors (Lipinski definition) is 0. The van der Waals surface area contributed by atoms with Crippen LogP contribution in [0, 0.1) is 0 Å². The smallest absolute Gasteiger partial charge is 0.155 e. The van der Waals surface area contributed by atoms with E-state index in [2.05, 4.69) is 0 Å². The van der Waals surface area contributed by atoms with Gasteiger partial charge in [-0.2, -0.15) is 0 Å². The maximum absolute atomic E-state index is 11.9. The summed E-state index contributed by atoms with van der Waals surface area (Å²) in [6.07, 6.45) is 2.14. The van der Waals surface area contributed by atoms with Crippen molar-refractivity contribution in [2.24, 2.45) is 0 Å². The van der Waals surface area contributed by atoms with Crippen LogP contribution < -0.4 is 0 Å². The zero-order chi connectivity index (χ0) is 12.2. The highest BCUT2D eigenvalue weighted by Crippen LogP contribution is 2.22. The molecule has 0 aromatic carbocycles. The Morgan fingerprint density at radius 3 is 2.56 bits per heavy atom. The average Bonchev–Trinajstić information content (AvgIpc) is 2.59. The van der Waals surface area contributed by atoms with Crippen molar-refractivity contribution in [3.8, 4) is 0 Å². The van der Waals surface area contributed by atoms with Gasteiger partial charge in [0.05, 0.1) is 17.1 Å². The largest absolute Gasteiger partial charge is 0.377 e. The van der Waals surface area contributed by atoms with Gasteiger partial charge >= 0.3 is 0 Å². The molecule has 1 saturated heterocycles. The number of carbonyl (C=O) groups is 1. The topological polar surface area (TPSA) is 60.4 Å². The quantitative estimate of drug-likeness (QED) is 0.665. The second-order valence-electron chi connectivity index (χ2n) is 4.43. The molecule has 0 amide bonds. The van der Waals surface area contributed by atoms with E-state index in [0.29, 0.717) is 32.3 Å². The van der Waals surface area contributed by atoms with Crippen LogP contribution in [0.4, 0.5) is 0 Å². The van der Waals surface area contributed by atoms with Gasteiger partial charge in [-0.1, -0.05) is 0 Å². The summed E-state index contributed by atoms with van der Waals surface area (Å²) < 4.78 is 29.1. The molecule has 2 unspecified atom stereocenters. The van der Waals surface area contributed by atoms with Crippen LogP contribution in [0.2, 0.25) is 0 Å². The molecule has 2 atom stereocenters. The lowest BCUT2D eigenvalue weighted by Gasteiger charge is -2.14. The zero-order valence-electron chi connectivity index (χ0n) is 9.94. The number of rotatable bonds is 6. The van der Waals surface area contributed by atoms with Gasteiger partial charge < -0.3 is 9.53 Å². The molecule has 0 radical (unpaired) electrons. The molecule has 1 fully saturated rings. The lowest BCUT2D eigenvalue weighted by Crippen LogP contribution is -2.30. The molecule has 0 saturated carbocycles. The van der Waals surface area contributed by atoms with Crippen molar-refractivity contribution < 1.29 is 17.9 Å². The Kier molecular flexibility index (Phi) is 4.92. The summed E-state index contributed by atoms with van der Waals surface area (Å²) in [5, 5.41) is -0.343. The van der Waals surface area contributed by atoms with Gasteiger partial charge in [0.1, 0.15) is 5.78 Å². The number of ether oxygens (including phenoxy) is 1. The van der Waals surface area contributed by atoms with Gasteiger partial charge in [-0.3, -0.25) is 0 Å². The van der Waals surface area contributed by atoms with Crippen LogP contribution in [0.15, 0.2) is 0 Å². The molecule has 1 heterocycles. The Balaban J connectivity index is 2.37. The predicted octanol–water partition coefficient (Wildman–Crippen LogP) is 1.34. The maximum Gasteiger partial charge on any atom is 0.155 e. The van der Waals surface area contributed by atoms with Crippen molar-refractivity contribution >= 4 is 15.6 Å². The van der Waals surface area contributed by atoms with Crippen molar-refractivity contribution in [2.75, 3.05) is 12.4 Å². The highest BCUT2D eigenvalue weighted by atomic mass is 32.2. The minimum atomic E-state index is -3.04. The van der Waals surface area contributed by atoms with Crippen molar-refractivity contribution in [1.29, 1.82) is 0 Å². The Morgan fingerprint density at radius 1 is 1.38 bits per heavy atom. The first-order chi connectivity index (χ1) is 7.43. The van der Waals surface area contributed by atoms with Crippen LogP contribution >= 0.6 is 0 Å². The van der Waals surface area contributed by atoms with E-state index >= 15 is 0 Å². The maximum atomic E-state index is 11.9. The van der Waals surface area contributed by atoms with E-state index in [1.165, 1.54) is 6.92 Å². The standard InChI is InChI=1S/C11H20O4S/c1-9(12)5-3-4-8-16(13,14)11-6-7-15-10(11)2/h10-11H,3-8H2,1-2H3. The molecular weight excluding hydrogens is 228 g/mol. The Labute approximate surface area is 97.3 Å². The molecule has 0 aromatic rings. The molecular formula is C11H20O4S. The SMILES string of the molecule is CC(=O)CCCCS(=O)(=O)C1CCOC1C. The first-order valence-corrected chi connectivity index (χ1v) is 7.47. The van der Waals surface area contributed by atoms with Gasteiger partial charge in [0, 0.05) is 13.0 Å². The number of Topliss-reactive ketones (excluding diaryl/α,β-unsaturated/α-hetero) is 1. The van der Waals surface area contributed by atoms with Crippen molar-refractivity contribution in [2.45, 2.75) is 50.9 Å². The molecule has 1 aliphatic heterocycles. The molecule has 4 nitrogen and oxygen atoms in total. The molecule has 1 rings (SSSR count). The Morgan fingerprint density at radius 2 is 2.06 bits per heavy atom. The van der Waals surface area contributed by atoms with Crippen LogP contribution in [-0.4, -0.2) is 37.9 Å². The van der Waals surface area contributed by atoms with Crippen LogP contribution in [-0.2, 0) is 19.4 Å². The summed E-state index contributed by atoms with van der Waals surface area (Å²) in [6, 6.07) is 0. The molecule has 0 aliphatic carbocycles. The summed E-state index contributed by atoms with van der Waals surface area (Å²) in [7, 11) is -3.04. The highest BCUT2D eigenvalue weighted by Gasteiger charge is 2.34. The van der Waals surface area contributed by atoms with Crippen LogP contribution in [0.5, 0.6) is 0 Å². The second-order valence-corrected chi connectivity index (χ2v) is 6.77. The van der Waals surface area contributed by atoms with Crippen LogP contribution in [0.25, 0.3) is 0 Å². The monoisotopic (exact) mass is 248 g/mol. The molecule has 5 heteroatoms. The third-order valence-electron chi connectivity index (χ3n) is 2.98. The first-order valence-electron chi connectivity index (χ1n) is 5.76. The Hall–Kier alpha value is -0.420. The Bertz CT molecular complexity index is 334. The normalized spacial score (nSPS) is 25.9. The van der Waals surface area contributed by atoms with Crippen molar-refractivity contribution in [3.63, 3.8) is 0 Å². The molecule has 0 N–H and O–H groups in total. The van der Waals surface area contributed by atoms with E-state index < -0.39 is 9.84 Å². The minimum Gasteiger partial charge on any atom is -0.377 e. The second kappa shape index (κ2) is 5.77. The van der Waals surface area contributed by atoms with Crippen LogP contribution in [0.3, 0.4) is 0 Å². The number of hydrogen-bond acceptors (Lipinski definition) is 4. The first kappa shape index (κ1) is 13.6. The summed E-state index contributed by atoms with van der Waals surface area (Å²) in [4.78, 5) is 10.7. The van der Waals surface area contributed by atoms with Gasteiger partial charge in [0.2, 0.25) is 0 Å².